The van der Waals surface area contributed by atoms with Crippen molar-refractivity contribution >= 4 is 21.6 Å². The Bertz CT molecular complexity index is 1760. The van der Waals surface area contributed by atoms with Crippen molar-refractivity contribution in [2.75, 3.05) is 44.0 Å². The van der Waals surface area contributed by atoms with Crippen molar-refractivity contribution in [3.63, 3.8) is 0 Å². The number of alkyl halides is 4. The van der Waals surface area contributed by atoms with E-state index in [1.807, 2.05) is 18.7 Å². The van der Waals surface area contributed by atoms with Gasteiger partial charge in [-0.25, -0.2) is 12.8 Å². The molecule has 3 aliphatic rings. The Hall–Kier alpha value is -3.40. The van der Waals surface area contributed by atoms with Gasteiger partial charge in [0.05, 0.1) is 37.0 Å². The van der Waals surface area contributed by atoms with Crippen molar-refractivity contribution in [1.29, 1.82) is 0 Å². The maximum atomic E-state index is 15.9. The molecule has 3 aromatic rings. The first-order valence-corrected chi connectivity index (χ1v) is 16.9. The lowest BCUT2D eigenvalue weighted by Gasteiger charge is -2.43. The zero-order valence-corrected chi connectivity index (χ0v) is 26.8. The van der Waals surface area contributed by atoms with Crippen LogP contribution in [0.1, 0.15) is 58.5 Å². The van der Waals surface area contributed by atoms with Gasteiger partial charge in [-0.3, -0.25) is 9.69 Å². The van der Waals surface area contributed by atoms with E-state index < -0.39 is 39.3 Å². The first-order valence-electron chi connectivity index (χ1n) is 15.0. The minimum atomic E-state index is -4.71. The maximum Gasteiger partial charge on any atom is 0.416 e. The van der Waals surface area contributed by atoms with Gasteiger partial charge in [-0.05, 0) is 46.9 Å². The first-order chi connectivity index (χ1) is 21.6. The molecule has 1 aromatic heterocycles. The van der Waals surface area contributed by atoms with Crippen molar-refractivity contribution in [3.05, 3.63) is 76.4 Å². The predicted octanol–water partition coefficient (Wildman–Crippen LogP) is 4.07. The van der Waals surface area contributed by atoms with Crippen LogP contribution >= 0.6 is 0 Å². The van der Waals surface area contributed by atoms with Crippen molar-refractivity contribution in [2.45, 2.75) is 50.7 Å². The van der Waals surface area contributed by atoms with Gasteiger partial charge in [0.2, 0.25) is 10.0 Å². The third-order valence-corrected chi connectivity index (χ3v) is 10.7. The summed E-state index contributed by atoms with van der Waals surface area (Å²) in [6.45, 7) is 4.66. The number of anilines is 1. The van der Waals surface area contributed by atoms with Crippen LogP contribution in [0.15, 0.2) is 42.7 Å². The number of sulfonamides is 1. The van der Waals surface area contributed by atoms with Crippen LogP contribution in [0, 0.1) is 5.92 Å². The molecule has 2 saturated heterocycles. The van der Waals surface area contributed by atoms with E-state index in [4.69, 9.17) is 4.74 Å². The molecule has 0 aliphatic carbocycles. The van der Waals surface area contributed by atoms with Gasteiger partial charge in [0, 0.05) is 50.5 Å². The summed E-state index contributed by atoms with van der Waals surface area (Å²) in [6.07, 6.45) is -3.73. The van der Waals surface area contributed by atoms with Crippen LogP contribution in [-0.2, 0) is 46.5 Å². The number of halogens is 4. The molecule has 0 N–H and O–H groups in total. The highest BCUT2D eigenvalue weighted by Crippen LogP contribution is 2.47. The zero-order valence-electron chi connectivity index (χ0n) is 26.0. The summed E-state index contributed by atoms with van der Waals surface area (Å²) in [4.78, 5) is 17.1. The van der Waals surface area contributed by atoms with Gasteiger partial charge in [0.25, 0.3) is 5.91 Å². The average molecular weight is 665 g/mol. The highest BCUT2D eigenvalue weighted by atomic mass is 32.2. The summed E-state index contributed by atoms with van der Waals surface area (Å²) in [7, 11) is -1.78. The Kier molecular flexibility index (Phi) is 8.27. The number of ether oxygens (including phenoxy) is 1. The number of amides is 1. The Morgan fingerprint density at radius 1 is 1.13 bits per heavy atom. The number of rotatable bonds is 8. The number of carbonyl (C=O) groups is 1. The van der Waals surface area contributed by atoms with Gasteiger partial charge in [-0.2, -0.15) is 17.5 Å². The van der Waals surface area contributed by atoms with Gasteiger partial charge < -0.3 is 14.2 Å². The van der Waals surface area contributed by atoms with Crippen molar-refractivity contribution in [3.8, 4) is 0 Å². The lowest BCUT2D eigenvalue weighted by Crippen LogP contribution is -2.55. The standard InChI is InChI=1S/C31H36F4N6O4S/c1-19(2)26-15-40(46(4,43)44)9-8-39(26)13-20-10-23-24(25(11-20)31(33,34)35)14-41(29(23)42)22-7-5-6-21(12-22)30(16-45-17-30)27(32)28-37-36-18-38(28)3/h5-7,10-12,18-19,26-27H,8-9,13-17H2,1-4H3/t26?,27-/m1/s1. The Morgan fingerprint density at radius 2 is 1.87 bits per heavy atom. The number of nitrogens with zero attached hydrogens (tertiary/aromatic N) is 6. The first kappa shape index (κ1) is 32.5. The molecule has 6 rings (SSSR count). The molecule has 4 heterocycles. The molecule has 248 valence electrons. The van der Waals surface area contributed by atoms with E-state index in [1.54, 1.807) is 31.3 Å². The number of piperazine rings is 1. The molecular formula is C31H36F4N6O4S. The SMILES string of the molecule is CC(C)C1CN(S(C)(=O)=O)CCN1Cc1cc2c(c(C(F)(F)F)c1)CN(c1cccc(C3([C@H](F)c4nncn4C)COC3)c1)C2=O. The van der Waals surface area contributed by atoms with E-state index in [2.05, 4.69) is 10.2 Å². The smallest absolute Gasteiger partial charge is 0.379 e. The molecule has 0 spiro atoms. The van der Waals surface area contributed by atoms with Crippen LogP contribution in [-0.4, -0.2) is 83.4 Å². The second-order valence-electron chi connectivity index (χ2n) is 12.8. The summed E-state index contributed by atoms with van der Waals surface area (Å²) in [5.41, 5.74) is -0.902. The highest BCUT2D eigenvalue weighted by Gasteiger charge is 2.51. The largest absolute Gasteiger partial charge is 0.416 e. The second-order valence-corrected chi connectivity index (χ2v) is 14.8. The fourth-order valence-electron chi connectivity index (χ4n) is 6.74. The van der Waals surface area contributed by atoms with Crippen LogP contribution in [0.4, 0.5) is 23.2 Å². The highest BCUT2D eigenvalue weighted by molar-refractivity contribution is 7.88. The van der Waals surface area contributed by atoms with Gasteiger partial charge in [-0.15, -0.1) is 10.2 Å². The van der Waals surface area contributed by atoms with E-state index >= 15 is 4.39 Å². The topological polar surface area (TPSA) is 101 Å². The zero-order chi connectivity index (χ0) is 33.2. The quantitative estimate of drug-likeness (QED) is 0.335. The van der Waals surface area contributed by atoms with E-state index in [1.165, 1.54) is 26.2 Å². The van der Waals surface area contributed by atoms with Crippen molar-refractivity contribution in [2.24, 2.45) is 13.0 Å². The molecule has 1 amide bonds. The molecule has 15 heteroatoms. The van der Waals surface area contributed by atoms with Gasteiger partial charge in [0.15, 0.2) is 12.0 Å². The summed E-state index contributed by atoms with van der Waals surface area (Å²) in [6, 6.07) is 9.03. The van der Waals surface area contributed by atoms with Crippen LogP contribution in [0.5, 0.6) is 0 Å². The molecule has 0 saturated carbocycles. The lowest BCUT2D eigenvalue weighted by atomic mass is 9.74. The molecule has 0 bridgehead atoms. The molecule has 2 aromatic carbocycles. The van der Waals surface area contributed by atoms with Crippen LogP contribution in [0.25, 0.3) is 0 Å². The molecule has 1 unspecified atom stereocenters. The summed E-state index contributed by atoms with van der Waals surface area (Å²) >= 11 is 0. The minimum Gasteiger partial charge on any atom is -0.379 e. The molecule has 46 heavy (non-hydrogen) atoms. The molecule has 3 aliphatic heterocycles. The van der Waals surface area contributed by atoms with Gasteiger partial charge in [0.1, 0.15) is 6.33 Å². The minimum absolute atomic E-state index is 0.0322. The van der Waals surface area contributed by atoms with E-state index in [-0.39, 0.29) is 68.3 Å². The van der Waals surface area contributed by atoms with Gasteiger partial charge in [-0.1, -0.05) is 26.0 Å². The van der Waals surface area contributed by atoms with Crippen LogP contribution in [0.2, 0.25) is 0 Å². The third kappa shape index (κ3) is 5.71. The van der Waals surface area contributed by atoms with Crippen molar-refractivity contribution in [1.82, 2.24) is 24.0 Å². The number of aromatic nitrogens is 3. The molecule has 0 radical (unpaired) electrons. The number of hydrogen-bond acceptors (Lipinski definition) is 7. The van der Waals surface area contributed by atoms with Crippen LogP contribution < -0.4 is 4.90 Å². The fourth-order valence-corrected chi connectivity index (χ4v) is 7.58. The van der Waals surface area contributed by atoms with Crippen LogP contribution in [0.3, 0.4) is 0 Å². The maximum absolute atomic E-state index is 15.9. The molecule has 2 atom stereocenters. The van der Waals surface area contributed by atoms with E-state index in [0.29, 0.717) is 23.4 Å². The number of carbonyl (C=O) groups excluding carboxylic acids is 1. The molecule has 2 fully saturated rings. The second kappa shape index (κ2) is 11.7. The van der Waals surface area contributed by atoms with Crippen molar-refractivity contribution < 1.29 is 35.5 Å². The van der Waals surface area contributed by atoms with E-state index in [9.17, 15) is 26.4 Å². The summed E-state index contributed by atoms with van der Waals surface area (Å²) in [5, 5.41) is 7.70. The number of hydrogen-bond donors (Lipinski definition) is 0. The van der Waals surface area contributed by atoms with Gasteiger partial charge >= 0.3 is 6.18 Å². The number of fused-ring (bicyclic) bond motifs is 1. The number of benzene rings is 2. The predicted molar refractivity (Wildman–Crippen MR) is 161 cm³/mol. The summed E-state index contributed by atoms with van der Waals surface area (Å²) < 4.78 is 92.1. The van der Waals surface area contributed by atoms with E-state index in [0.717, 1.165) is 12.3 Å². The Labute approximate surface area is 265 Å². The molecule has 10 nitrogen and oxygen atoms in total. The molecular weight excluding hydrogens is 628 g/mol. The normalized spacial score (nSPS) is 21.5. The Morgan fingerprint density at radius 3 is 2.46 bits per heavy atom. The third-order valence-electron chi connectivity index (χ3n) is 9.44. The Balaban J connectivity index is 1.31. The number of aryl methyl sites for hydroxylation is 1. The fraction of sp³-hybridized carbons (Fsp3) is 0.516. The lowest BCUT2D eigenvalue weighted by molar-refractivity contribution is -0.138. The monoisotopic (exact) mass is 664 g/mol. The summed E-state index contributed by atoms with van der Waals surface area (Å²) in [5.74, 6) is -0.420. The average Bonchev–Trinajstić information content (AvgIpc) is 3.54.